The number of H-pyrrole nitrogens is 1. The second-order valence-electron chi connectivity index (χ2n) is 9.51. The van der Waals surface area contributed by atoms with Gasteiger partial charge in [-0.25, -0.2) is 0 Å². The highest BCUT2D eigenvalue weighted by Gasteiger charge is 2.50. The SMILES string of the molecule is O=C(NC[C@H]1[C@H]2C[C@H](CN(C(=O)CCc3cn[nH]c3)C2)[C@@H]2CCCC(=O)N21)C1CC1. The molecule has 2 bridgehead atoms. The Hall–Kier alpha value is -2.38. The highest BCUT2D eigenvalue weighted by atomic mass is 16.2. The Labute approximate surface area is 176 Å². The van der Waals surface area contributed by atoms with Gasteiger partial charge in [-0.2, -0.15) is 5.10 Å². The molecule has 4 atom stereocenters. The zero-order valence-corrected chi connectivity index (χ0v) is 17.4. The average molecular weight is 414 g/mol. The number of rotatable bonds is 6. The van der Waals surface area contributed by atoms with Crippen LogP contribution in [0.3, 0.4) is 0 Å². The number of carbonyl (C=O) groups is 3. The maximum absolute atomic E-state index is 13.0. The van der Waals surface area contributed by atoms with E-state index in [0.717, 1.165) is 44.2 Å². The lowest BCUT2D eigenvalue weighted by atomic mass is 9.72. The lowest BCUT2D eigenvalue weighted by Gasteiger charge is -2.56. The molecule has 162 valence electrons. The van der Waals surface area contributed by atoms with Gasteiger partial charge in [-0.3, -0.25) is 19.5 Å². The summed E-state index contributed by atoms with van der Waals surface area (Å²) >= 11 is 0. The van der Waals surface area contributed by atoms with Gasteiger partial charge in [0.2, 0.25) is 17.7 Å². The minimum atomic E-state index is 0.00576. The van der Waals surface area contributed by atoms with E-state index in [2.05, 4.69) is 20.4 Å². The van der Waals surface area contributed by atoms with Gasteiger partial charge in [0.1, 0.15) is 0 Å². The fraction of sp³-hybridized carbons (Fsp3) is 0.727. The third-order valence-electron chi connectivity index (χ3n) is 7.47. The number of hydrogen-bond acceptors (Lipinski definition) is 4. The number of aromatic nitrogens is 2. The molecule has 3 aliphatic heterocycles. The van der Waals surface area contributed by atoms with Crippen molar-refractivity contribution in [2.45, 2.75) is 63.5 Å². The molecular formula is C22H31N5O3. The first-order valence-corrected chi connectivity index (χ1v) is 11.4. The molecule has 0 unspecified atom stereocenters. The molecule has 0 aromatic carbocycles. The second kappa shape index (κ2) is 8.04. The van der Waals surface area contributed by atoms with Crippen LogP contribution in [0.15, 0.2) is 12.4 Å². The number of piperidine rings is 3. The summed E-state index contributed by atoms with van der Waals surface area (Å²) < 4.78 is 0. The molecule has 4 aliphatic rings. The summed E-state index contributed by atoms with van der Waals surface area (Å²) in [6.07, 6.45) is 10.3. The van der Waals surface area contributed by atoms with E-state index >= 15 is 0 Å². The van der Waals surface area contributed by atoms with Crippen molar-refractivity contribution < 1.29 is 14.4 Å². The summed E-state index contributed by atoms with van der Waals surface area (Å²) in [7, 11) is 0. The number of aromatic amines is 1. The standard InChI is InChI=1S/C22H31N5O3/c28-20(7-4-14-9-24-25-10-14)26-12-16-8-17(13-26)19(11-23-22(30)15-5-6-15)27-18(16)2-1-3-21(27)29/h9-10,15-19H,1-8,11-13H2,(H,23,30)(H,24,25)/t16-,17+,18+,19+/m1/s1. The first-order chi connectivity index (χ1) is 14.6. The molecule has 1 aromatic heterocycles. The van der Waals surface area contributed by atoms with Crippen LogP contribution in [-0.4, -0.2) is 69.4 Å². The molecule has 3 saturated heterocycles. The smallest absolute Gasteiger partial charge is 0.223 e. The summed E-state index contributed by atoms with van der Waals surface area (Å²) in [5, 5.41) is 9.86. The van der Waals surface area contributed by atoms with E-state index in [1.807, 2.05) is 11.1 Å². The van der Waals surface area contributed by atoms with Crippen molar-refractivity contribution in [2.75, 3.05) is 19.6 Å². The maximum Gasteiger partial charge on any atom is 0.223 e. The Morgan fingerprint density at radius 3 is 2.80 bits per heavy atom. The predicted molar refractivity (Wildman–Crippen MR) is 109 cm³/mol. The first-order valence-electron chi connectivity index (χ1n) is 11.4. The van der Waals surface area contributed by atoms with E-state index in [0.29, 0.717) is 38.3 Å². The maximum atomic E-state index is 13.0. The van der Waals surface area contributed by atoms with Crippen LogP contribution in [0.1, 0.15) is 50.5 Å². The molecule has 1 saturated carbocycles. The van der Waals surface area contributed by atoms with Crippen molar-refractivity contribution in [3.05, 3.63) is 18.0 Å². The van der Waals surface area contributed by atoms with Crippen molar-refractivity contribution in [1.82, 2.24) is 25.3 Å². The van der Waals surface area contributed by atoms with E-state index in [9.17, 15) is 14.4 Å². The molecule has 3 amide bonds. The second-order valence-corrected chi connectivity index (χ2v) is 9.51. The zero-order chi connectivity index (χ0) is 20.7. The zero-order valence-electron chi connectivity index (χ0n) is 17.4. The van der Waals surface area contributed by atoms with E-state index in [1.165, 1.54) is 0 Å². The van der Waals surface area contributed by atoms with Crippen LogP contribution >= 0.6 is 0 Å². The van der Waals surface area contributed by atoms with Crippen molar-refractivity contribution in [3.8, 4) is 0 Å². The molecule has 2 N–H and O–H groups in total. The summed E-state index contributed by atoms with van der Waals surface area (Å²) in [4.78, 5) is 42.2. The van der Waals surface area contributed by atoms with Gasteiger partial charge in [0.15, 0.2) is 0 Å². The van der Waals surface area contributed by atoms with E-state index in [4.69, 9.17) is 0 Å². The highest BCUT2D eigenvalue weighted by Crippen LogP contribution is 2.41. The van der Waals surface area contributed by atoms with Crippen molar-refractivity contribution in [3.63, 3.8) is 0 Å². The van der Waals surface area contributed by atoms with Crippen LogP contribution < -0.4 is 5.32 Å². The van der Waals surface area contributed by atoms with Crippen LogP contribution in [0.2, 0.25) is 0 Å². The predicted octanol–water partition coefficient (Wildman–Crippen LogP) is 1.10. The third kappa shape index (κ3) is 3.84. The normalized spacial score (nSPS) is 30.7. The molecule has 8 nitrogen and oxygen atoms in total. The van der Waals surface area contributed by atoms with Gasteiger partial charge in [0.25, 0.3) is 0 Å². The number of amides is 3. The third-order valence-corrected chi connectivity index (χ3v) is 7.47. The number of hydrogen-bond donors (Lipinski definition) is 2. The van der Waals surface area contributed by atoms with Gasteiger partial charge in [-0.15, -0.1) is 0 Å². The summed E-state index contributed by atoms with van der Waals surface area (Å²) in [5.74, 6) is 1.29. The molecule has 5 rings (SSSR count). The van der Waals surface area contributed by atoms with Crippen LogP contribution in [-0.2, 0) is 20.8 Å². The molecule has 30 heavy (non-hydrogen) atoms. The first kappa shape index (κ1) is 19.6. The van der Waals surface area contributed by atoms with Crippen LogP contribution in [0, 0.1) is 17.8 Å². The largest absolute Gasteiger partial charge is 0.354 e. The quantitative estimate of drug-likeness (QED) is 0.730. The minimum Gasteiger partial charge on any atom is -0.354 e. The number of aryl methyl sites for hydroxylation is 1. The number of fused-ring (bicyclic) bond motifs is 4. The van der Waals surface area contributed by atoms with Gasteiger partial charge in [-0.05, 0) is 55.9 Å². The Balaban J connectivity index is 1.29. The van der Waals surface area contributed by atoms with E-state index in [-0.39, 0.29) is 41.6 Å². The fourth-order valence-corrected chi connectivity index (χ4v) is 5.76. The molecule has 0 spiro atoms. The molecular weight excluding hydrogens is 382 g/mol. The number of carbonyl (C=O) groups excluding carboxylic acids is 3. The fourth-order valence-electron chi connectivity index (χ4n) is 5.76. The topological polar surface area (TPSA) is 98.4 Å². The van der Waals surface area contributed by atoms with E-state index < -0.39 is 0 Å². The average Bonchev–Trinajstić information content (AvgIpc) is 3.48. The Morgan fingerprint density at radius 2 is 2.03 bits per heavy atom. The number of likely N-dealkylation sites (tertiary alicyclic amines) is 1. The molecule has 1 aliphatic carbocycles. The monoisotopic (exact) mass is 413 g/mol. The van der Waals surface area contributed by atoms with Crippen LogP contribution in [0.5, 0.6) is 0 Å². The van der Waals surface area contributed by atoms with Crippen LogP contribution in [0.4, 0.5) is 0 Å². The molecule has 8 heteroatoms. The molecule has 1 aromatic rings. The van der Waals surface area contributed by atoms with Crippen molar-refractivity contribution in [2.24, 2.45) is 17.8 Å². The van der Waals surface area contributed by atoms with E-state index in [1.54, 1.807) is 6.20 Å². The molecule has 0 radical (unpaired) electrons. The number of nitrogens with one attached hydrogen (secondary N) is 2. The van der Waals surface area contributed by atoms with Gasteiger partial charge >= 0.3 is 0 Å². The number of nitrogens with zero attached hydrogens (tertiary/aromatic N) is 3. The lowest BCUT2D eigenvalue weighted by Crippen LogP contribution is -2.67. The Bertz CT molecular complexity index is 806. The van der Waals surface area contributed by atoms with Crippen molar-refractivity contribution in [1.29, 1.82) is 0 Å². The highest BCUT2D eigenvalue weighted by molar-refractivity contribution is 5.81. The summed E-state index contributed by atoms with van der Waals surface area (Å²) in [5.41, 5.74) is 1.05. The Morgan fingerprint density at radius 1 is 1.20 bits per heavy atom. The van der Waals surface area contributed by atoms with Gasteiger partial charge in [-0.1, -0.05) is 0 Å². The molecule has 4 fully saturated rings. The minimum absolute atomic E-state index is 0.00576. The summed E-state index contributed by atoms with van der Waals surface area (Å²) in [6.45, 7) is 1.95. The lowest BCUT2D eigenvalue weighted by molar-refractivity contribution is -0.156. The summed E-state index contributed by atoms with van der Waals surface area (Å²) in [6, 6.07) is 0.209. The molecule has 4 heterocycles. The van der Waals surface area contributed by atoms with Gasteiger partial charge in [0.05, 0.1) is 12.2 Å². The van der Waals surface area contributed by atoms with Crippen molar-refractivity contribution >= 4 is 17.7 Å². The van der Waals surface area contributed by atoms with Gasteiger partial charge in [0, 0.05) is 50.6 Å². The Kier molecular flexibility index (Phi) is 5.25. The van der Waals surface area contributed by atoms with Gasteiger partial charge < -0.3 is 15.1 Å². The van der Waals surface area contributed by atoms with Crippen LogP contribution in [0.25, 0.3) is 0 Å².